The Kier molecular flexibility index (Phi) is 5.01. The van der Waals surface area contributed by atoms with Gasteiger partial charge >= 0.3 is 6.09 Å². The van der Waals surface area contributed by atoms with E-state index in [-0.39, 0.29) is 5.41 Å². The van der Waals surface area contributed by atoms with Crippen LogP contribution in [0, 0.1) is 6.92 Å². The summed E-state index contributed by atoms with van der Waals surface area (Å²) in [5, 5.41) is 11.1. The van der Waals surface area contributed by atoms with Gasteiger partial charge in [-0.3, -0.25) is 4.98 Å². The van der Waals surface area contributed by atoms with Crippen LogP contribution in [0.5, 0.6) is 5.88 Å². The van der Waals surface area contributed by atoms with Gasteiger partial charge in [0.25, 0.3) is 0 Å². The molecule has 4 aromatic rings. The molecular weight excluding hydrogens is 390 g/mol. The molecule has 0 saturated carbocycles. The van der Waals surface area contributed by atoms with E-state index in [4.69, 9.17) is 4.74 Å². The number of aryl methyl sites for hydroxylation is 1. The van der Waals surface area contributed by atoms with Crippen molar-refractivity contribution < 1.29 is 14.6 Å². The SMILES string of the molecule is COc1cc(-c2ccc3c(c2)c(C(C)(C)C)c(-c2ccnc(C)c2)n3C(=O)O)ccn1. The Balaban J connectivity index is 2.09. The maximum Gasteiger partial charge on any atom is 0.416 e. The first-order valence-electron chi connectivity index (χ1n) is 10.1. The number of carbonyl (C=O) groups is 1. The highest BCUT2D eigenvalue weighted by atomic mass is 16.5. The predicted molar refractivity (Wildman–Crippen MR) is 122 cm³/mol. The van der Waals surface area contributed by atoms with Crippen molar-refractivity contribution in [2.75, 3.05) is 7.11 Å². The van der Waals surface area contributed by atoms with Crippen molar-refractivity contribution in [3.8, 4) is 28.3 Å². The quantitative estimate of drug-likeness (QED) is 0.450. The Morgan fingerprint density at radius 2 is 1.65 bits per heavy atom. The number of aromatic nitrogens is 3. The van der Waals surface area contributed by atoms with Crippen LogP contribution < -0.4 is 4.74 Å². The highest BCUT2D eigenvalue weighted by Crippen LogP contribution is 2.42. The summed E-state index contributed by atoms with van der Waals surface area (Å²) in [6.07, 6.45) is 2.41. The van der Waals surface area contributed by atoms with Crippen LogP contribution >= 0.6 is 0 Å². The molecule has 0 bridgehead atoms. The zero-order chi connectivity index (χ0) is 22.3. The van der Waals surface area contributed by atoms with Crippen LogP contribution in [0.25, 0.3) is 33.3 Å². The molecule has 0 fully saturated rings. The first-order valence-corrected chi connectivity index (χ1v) is 10.1. The average Bonchev–Trinajstić information content (AvgIpc) is 3.09. The summed E-state index contributed by atoms with van der Waals surface area (Å²) in [6.45, 7) is 8.22. The van der Waals surface area contributed by atoms with Gasteiger partial charge in [0.15, 0.2) is 0 Å². The van der Waals surface area contributed by atoms with Crippen molar-refractivity contribution in [2.45, 2.75) is 33.1 Å². The molecule has 0 atom stereocenters. The lowest BCUT2D eigenvalue weighted by molar-refractivity contribution is 0.198. The van der Waals surface area contributed by atoms with Crippen LogP contribution in [-0.2, 0) is 5.41 Å². The Labute approximate surface area is 181 Å². The number of methoxy groups -OCH3 is 1. The highest BCUT2D eigenvalue weighted by molar-refractivity contribution is 6.01. The summed E-state index contributed by atoms with van der Waals surface area (Å²) in [5.41, 5.74) is 5.64. The molecule has 0 aliphatic rings. The third-order valence-electron chi connectivity index (χ3n) is 5.36. The Morgan fingerprint density at radius 1 is 0.968 bits per heavy atom. The van der Waals surface area contributed by atoms with Gasteiger partial charge in [0.1, 0.15) is 0 Å². The zero-order valence-electron chi connectivity index (χ0n) is 18.3. The predicted octanol–water partition coefficient (Wildman–Crippen LogP) is 5.91. The van der Waals surface area contributed by atoms with E-state index in [0.29, 0.717) is 17.1 Å². The summed E-state index contributed by atoms with van der Waals surface area (Å²) in [6, 6.07) is 13.5. The summed E-state index contributed by atoms with van der Waals surface area (Å²) in [7, 11) is 1.59. The fourth-order valence-corrected chi connectivity index (χ4v) is 4.10. The largest absolute Gasteiger partial charge is 0.481 e. The number of pyridine rings is 2. The van der Waals surface area contributed by atoms with E-state index in [1.807, 2.05) is 43.3 Å². The Bertz CT molecular complexity index is 1300. The third-order valence-corrected chi connectivity index (χ3v) is 5.36. The minimum absolute atomic E-state index is 0.292. The molecule has 158 valence electrons. The molecule has 0 aliphatic heterocycles. The van der Waals surface area contributed by atoms with Crippen molar-refractivity contribution in [2.24, 2.45) is 0 Å². The van der Waals surface area contributed by atoms with Crippen molar-refractivity contribution >= 4 is 17.0 Å². The molecule has 31 heavy (non-hydrogen) atoms. The number of benzene rings is 1. The van der Waals surface area contributed by atoms with E-state index in [1.54, 1.807) is 19.5 Å². The molecule has 6 nitrogen and oxygen atoms in total. The zero-order valence-corrected chi connectivity index (χ0v) is 18.3. The maximum atomic E-state index is 12.4. The van der Waals surface area contributed by atoms with Gasteiger partial charge in [0, 0.05) is 35.1 Å². The van der Waals surface area contributed by atoms with Gasteiger partial charge in [-0.15, -0.1) is 0 Å². The first kappa shape index (κ1) is 20.6. The Hall–Kier alpha value is -3.67. The summed E-state index contributed by atoms with van der Waals surface area (Å²) < 4.78 is 6.66. The molecule has 4 rings (SSSR count). The van der Waals surface area contributed by atoms with Gasteiger partial charge < -0.3 is 9.84 Å². The van der Waals surface area contributed by atoms with Crippen LogP contribution in [0.4, 0.5) is 4.79 Å². The molecule has 3 aromatic heterocycles. The monoisotopic (exact) mass is 415 g/mol. The van der Waals surface area contributed by atoms with Crippen LogP contribution in [0.2, 0.25) is 0 Å². The van der Waals surface area contributed by atoms with E-state index >= 15 is 0 Å². The maximum absolute atomic E-state index is 12.4. The number of carboxylic acid groups (broad SMARTS) is 1. The molecule has 0 amide bonds. The normalized spacial score (nSPS) is 11.6. The van der Waals surface area contributed by atoms with Crippen molar-refractivity contribution in [3.05, 3.63) is 66.1 Å². The van der Waals surface area contributed by atoms with E-state index in [0.717, 1.165) is 33.3 Å². The minimum Gasteiger partial charge on any atom is -0.481 e. The van der Waals surface area contributed by atoms with Gasteiger partial charge in [0.2, 0.25) is 5.88 Å². The number of nitrogens with zero attached hydrogens (tertiary/aromatic N) is 3. The number of hydrogen-bond donors (Lipinski definition) is 1. The van der Waals surface area contributed by atoms with Gasteiger partial charge in [-0.25, -0.2) is 14.3 Å². The third kappa shape index (κ3) is 3.65. The molecule has 0 saturated heterocycles. The second kappa shape index (κ2) is 7.54. The van der Waals surface area contributed by atoms with E-state index in [9.17, 15) is 9.90 Å². The van der Waals surface area contributed by atoms with Crippen LogP contribution in [0.15, 0.2) is 54.9 Å². The van der Waals surface area contributed by atoms with E-state index in [2.05, 4.69) is 36.8 Å². The molecular formula is C25H25N3O3. The lowest BCUT2D eigenvalue weighted by Crippen LogP contribution is -2.15. The second-order valence-corrected chi connectivity index (χ2v) is 8.60. The van der Waals surface area contributed by atoms with Crippen LogP contribution in [-0.4, -0.2) is 32.8 Å². The number of fused-ring (bicyclic) bond motifs is 1. The molecule has 6 heteroatoms. The molecule has 0 radical (unpaired) electrons. The number of ether oxygens (including phenoxy) is 1. The lowest BCUT2D eigenvalue weighted by atomic mass is 9.83. The second-order valence-electron chi connectivity index (χ2n) is 8.60. The van der Waals surface area contributed by atoms with Gasteiger partial charge in [-0.1, -0.05) is 26.8 Å². The van der Waals surface area contributed by atoms with Crippen molar-refractivity contribution in [1.82, 2.24) is 14.5 Å². The van der Waals surface area contributed by atoms with Crippen molar-refractivity contribution in [3.63, 3.8) is 0 Å². The fourth-order valence-electron chi connectivity index (χ4n) is 4.10. The molecule has 0 spiro atoms. The molecule has 1 N–H and O–H groups in total. The highest BCUT2D eigenvalue weighted by Gasteiger charge is 2.29. The first-order chi connectivity index (χ1) is 14.7. The molecule has 3 heterocycles. The lowest BCUT2D eigenvalue weighted by Gasteiger charge is -2.21. The van der Waals surface area contributed by atoms with Gasteiger partial charge in [-0.05, 0) is 59.4 Å². The van der Waals surface area contributed by atoms with E-state index < -0.39 is 6.09 Å². The minimum atomic E-state index is -1.01. The van der Waals surface area contributed by atoms with Crippen LogP contribution in [0.3, 0.4) is 0 Å². The molecule has 0 aliphatic carbocycles. The van der Waals surface area contributed by atoms with E-state index in [1.165, 1.54) is 4.57 Å². The topological polar surface area (TPSA) is 77.2 Å². The molecule has 0 unspecified atom stereocenters. The number of hydrogen-bond acceptors (Lipinski definition) is 4. The smallest absolute Gasteiger partial charge is 0.416 e. The summed E-state index contributed by atoms with van der Waals surface area (Å²) in [5.74, 6) is 0.532. The van der Waals surface area contributed by atoms with Gasteiger partial charge in [-0.2, -0.15) is 0 Å². The summed E-state index contributed by atoms with van der Waals surface area (Å²) >= 11 is 0. The fraction of sp³-hybridized carbons (Fsp3) is 0.240. The average molecular weight is 415 g/mol. The number of rotatable bonds is 3. The standard InChI is InChI=1S/C25H25N3O3/c1-15-12-18(9-10-26-15)23-22(25(2,3)4)19-13-16(6-7-20(19)28(23)24(29)30)17-8-11-27-21(14-17)31-5/h6-14H,1-5H3,(H,29,30). The Morgan fingerprint density at radius 3 is 2.29 bits per heavy atom. The van der Waals surface area contributed by atoms with Crippen LogP contribution in [0.1, 0.15) is 32.0 Å². The van der Waals surface area contributed by atoms with Gasteiger partial charge in [0.05, 0.1) is 18.3 Å². The van der Waals surface area contributed by atoms with Crippen molar-refractivity contribution in [1.29, 1.82) is 0 Å². The summed E-state index contributed by atoms with van der Waals surface area (Å²) in [4.78, 5) is 20.9. The molecule has 1 aromatic carbocycles.